The van der Waals surface area contributed by atoms with Gasteiger partial charge in [-0.05, 0) is 18.2 Å². The van der Waals surface area contributed by atoms with Crippen molar-refractivity contribution in [3.63, 3.8) is 0 Å². The molecule has 0 aliphatic heterocycles. The number of thiazole rings is 1. The van der Waals surface area contributed by atoms with Crippen LogP contribution in [-0.2, 0) is 13.0 Å². The zero-order chi connectivity index (χ0) is 15.4. The summed E-state index contributed by atoms with van der Waals surface area (Å²) in [6.07, 6.45) is 2.67. The van der Waals surface area contributed by atoms with Crippen molar-refractivity contribution in [1.82, 2.24) is 25.3 Å². The number of benzene rings is 1. The summed E-state index contributed by atoms with van der Waals surface area (Å²) < 4.78 is 14.7. The molecule has 0 unspecified atom stereocenters. The van der Waals surface area contributed by atoms with Gasteiger partial charge in [-0.2, -0.15) is 0 Å². The first-order chi connectivity index (χ1) is 10.7. The molecule has 0 saturated heterocycles. The Morgan fingerprint density at radius 2 is 2.23 bits per heavy atom. The van der Waals surface area contributed by atoms with Crippen LogP contribution in [0.2, 0.25) is 5.02 Å². The summed E-state index contributed by atoms with van der Waals surface area (Å²) in [7, 11) is 0. The molecule has 0 radical (unpaired) electrons. The highest BCUT2D eigenvalue weighted by Crippen LogP contribution is 2.18. The van der Waals surface area contributed by atoms with E-state index in [1.54, 1.807) is 28.3 Å². The minimum atomic E-state index is -0.450. The van der Waals surface area contributed by atoms with Crippen LogP contribution in [0, 0.1) is 5.82 Å². The lowest BCUT2D eigenvalue weighted by molar-refractivity contribution is 0.627. The van der Waals surface area contributed by atoms with E-state index in [0.29, 0.717) is 12.2 Å². The Hall–Kier alpha value is -1.83. The van der Waals surface area contributed by atoms with Crippen LogP contribution < -0.4 is 5.32 Å². The highest BCUT2D eigenvalue weighted by molar-refractivity contribution is 7.07. The topological polar surface area (TPSA) is 55.6 Å². The van der Waals surface area contributed by atoms with Crippen LogP contribution in [0.1, 0.15) is 11.4 Å². The van der Waals surface area contributed by atoms with E-state index >= 15 is 0 Å². The standard InChI is InChI=1S/C14H13ClFN5S/c15-13-5-12(1-2-14(13)16)21-7-11(19-20-21)6-17-4-3-10-8-22-9-18-10/h1-2,5,7-9,17H,3-4,6H2. The molecule has 0 amide bonds. The zero-order valence-electron chi connectivity index (χ0n) is 11.5. The lowest BCUT2D eigenvalue weighted by Crippen LogP contribution is -2.17. The summed E-state index contributed by atoms with van der Waals surface area (Å²) in [5, 5.41) is 13.5. The SMILES string of the molecule is Fc1ccc(-n2cc(CNCCc3cscn3)nn2)cc1Cl. The first-order valence-corrected chi connectivity index (χ1v) is 7.99. The predicted molar refractivity (Wildman–Crippen MR) is 83.9 cm³/mol. The fourth-order valence-electron chi connectivity index (χ4n) is 1.93. The maximum atomic E-state index is 13.2. The third-order valence-electron chi connectivity index (χ3n) is 3.06. The van der Waals surface area contributed by atoms with Crippen molar-refractivity contribution in [1.29, 1.82) is 0 Å². The molecule has 0 fully saturated rings. The smallest absolute Gasteiger partial charge is 0.141 e. The Bertz CT molecular complexity index is 744. The normalized spacial score (nSPS) is 11.0. The van der Waals surface area contributed by atoms with Crippen LogP contribution in [0.4, 0.5) is 4.39 Å². The fourth-order valence-corrected chi connectivity index (χ4v) is 2.69. The molecule has 3 aromatic rings. The second-order valence-corrected chi connectivity index (χ2v) is 5.79. The van der Waals surface area contributed by atoms with Crippen molar-refractivity contribution in [3.8, 4) is 5.69 Å². The Labute approximate surface area is 135 Å². The van der Waals surface area contributed by atoms with Gasteiger partial charge < -0.3 is 5.32 Å². The first kappa shape index (κ1) is 15.1. The van der Waals surface area contributed by atoms with Gasteiger partial charge in [-0.15, -0.1) is 16.4 Å². The van der Waals surface area contributed by atoms with E-state index in [-0.39, 0.29) is 5.02 Å². The largest absolute Gasteiger partial charge is 0.311 e. The van der Waals surface area contributed by atoms with Gasteiger partial charge in [0.2, 0.25) is 0 Å². The summed E-state index contributed by atoms with van der Waals surface area (Å²) in [5.74, 6) is -0.450. The minimum absolute atomic E-state index is 0.0657. The van der Waals surface area contributed by atoms with Gasteiger partial charge in [0.15, 0.2) is 0 Å². The molecule has 3 rings (SSSR count). The third kappa shape index (κ3) is 3.68. The molecule has 0 aliphatic rings. The molecule has 5 nitrogen and oxygen atoms in total. The average Bonchev–Trinajstić information content (AvgIpc) is 3.18. The van der Waals surface area contributed by atoms with Gasteiger partial charge in [0.1, 0.15) is 5.82 Å². The van der Waals surface area contributed by atoms with Gasteiger partial charge in [-0.3, -0.25) is 0 Å². The molecule has 0 bridgehead atoms. The van der Waals surface area contributed by atoms with Gasteiger partial charge in [-0.1, -0.05) is 16.8 Å². The van der Waals surface area contributed by atoms with E-state index < -0.39 is 5.82 Å². The number of aromatic nitrogens is 4. The van der Waals surface area contributed by atoms with E-state index in [1.165, 1.54) is 12.1 Å². The average molecular weight is 338 g/mol. The molecule has 0 aliphatic carbocycles. The number of nitrogens with zero attached hydrogens (tertiary/aromatic N) is 4. The number of hydrogen-bond acceptors (Lipinski definition) is 5. The van der Waals surface area contributed by atoms with Gasteiger partial charge in [-0.25, -0.2) is 14.1 Å². The lowest BCUT2D eigenvalue weighted by atomic mass is 10.3. The Balaban J connectivity index is 1.55. The van der Waals surface area contributed by atoms with Crippen LogP contribution >= 0.6 is 22.9 Å². The molecular weight excluding hydrogens is 325 g/mol. The lowest BCUT2D eigenvalue weighted by Gasteiger charge is -2.01. The predicted octanol–water partition coefficient (Wildman–Crippen LogP) is 2.85. The van der Waals surface area contributed by atoms with Crippen LogP contribution in [0.5, 0.6) is 0 Å². The van der Waals surface area contributed by atoms with Gasteiger partial charge in [0.05, 0.1) is 33.8 Å². The molecule has 8 heteroatoms. The van der Waals surface area contributed by atoms with Gasteiger partial charge >= 0.3 is 0 Å². The summed E-state index contributed by atoms with van der Waals surface area (Å²) in [6, 6.07) is 4.44. The molecule has 1 N–H and O–H groups in total. The van der Waals surface area contributed by atoms with E-state index in [9.17, 15) is 4.39 Å². The van der Waals surface area contributed by atoms with E-state index in [1.807, 2.05) is 10.9 Å². The fraction of sp³-hybridized carbons (Fsp3) is 0.214. The summed E-state index contributed by atoms with van der Waals surface area (Å²) in [4.78, 5) is 4.22. The molecule has 2 heterocycles. The van der Waals surface area contributed by atoms with Crippen molar-refractivity contribution in [3.05, 3.63) is 57.5 Å². The first-order valence-electron chi connectivity index (χ1n) is 6.67. The molecule has 1 aromatic carbocycles. The maximum absolute atomic E-state index is 13.2. The number of rotatable bonds is 6. The summed E-state index contributed by atoms with van der Waals surface area (Å²) in [5.41, 5.74) is 4.39. The molecule has 114 valence electrons. The highest BCUT2D eigenvalue weighted by Gasteiger charge is 2.06. The second kappa shape index (κ2) is 6.95. The molecule has 22 heavy (non-hydrogen) atoms. The van der Waals surface area contributed by atoms with Crippen molar-refractivity contribution >= 4 is 22.9 Å². The van der Waals surface area contributed by atoms with Gasteiger partial charge in [0, 0.05) is 24.9 Å². The minimum Gasteiger partial charge on any atom is -0.311 e. The second-order valence-electron chi connectivity index (χ2n) is 4.66. The van der Waals surface area contributed by atoms with E-state index in [0.717, 1.165) is 24.4 Å². The van der Waals surface area contributed by atoms with Crippen LogP contribution in [0.3, 0.4) is 0 Å². The third-order valence-corrected chi connectivity index (χ3v) is 3.98. The Kier molecular flexibility index (Phi) is 4.77. The van der Waals surface area contributed by atoms with Crippen LogP contribution in [-0.4, -0.2) is 26.5 Å². The Morgan fingerprint density at radius 3 is 3.00 bits per heavy atom. The molecule has 0 saturated carbocycles. The molecule has 2 aromatic heterocycles. The van der Waals surface area contributed by atoms with Crippen molar-refractivity contribution < 1.29 is 4.39 Å². The highest BCUT2D eigenvalue weighted by atomic mass is 35.5. The number of nitrogens with one attached hydrogen (secondary N) is 1. The summed E-state index contributed by atoms with van der Waals surface area (Å²) >= 11 is 7.36. The zero-order valence-corrected chi connectivity index (χ0v) is 13.1. The van der Waals surface area contributed by atoms with Crippen molar-refractivity contribution in [2.45, 2.75) is 13.0 Å². The van der Waals surface area contributed by atoms with Crippen molar-refractivity contribution in [2.24, 2.45) is 0 Å². The quantitative estimate of drug-likeness (QED) is 0.703. The van der Waals surface area contributed by atoms with E-state index in [4.69, 9.17) is 11.6 Å². The van der Waals surface area contributed by atoms with Crippen LogP contribution in [0.25, 0.3) is 5.69 Å². The maximum Gasteiger partial charge on any atom is 0.141 e. The van der Waals surface area contributed by atoms with Crippen molar-refractivity contribution in [2.75, 3.05) is 6.54 Å². The molecule has 0 spiro atoms. The van der Waals surface area contributed by atoms with E-state index in [2.05, 4.69) is 20.6 Å². The van der Waals surface area contributed by atoms with Crippen LogP contribution in [0.15, 0.2) is 35.3 Å². The van der Waals surface area contributed by atoms with Gasteiger partial charge in [0.25, 0.3) is 0 Å². The summed E-state index contributed by atoms with van der Waals surface area (Å²) in [6.45, 7) is 1.43. The molecular formula is C14H13ClFN5S. The molecule has 0 atom stereocenters. The number of hydrogen-bond donors (Lipinski definition) is 1. The Morgan fingerprint density at radius 1 is 1.32 bits per heavy atom. The number of halogens is 2. The monoisotopic (exact) mass is 337 g/mol.